The molecule has 0 heterocycles. The van der Waals surface area contributed by atoms with Crippen molar-refractivity contribution in [2.75, 3.05) is 40.5 Å². The predicted octanol–water partition coefficient (Wildman–Crippen LogP) is 3.30. The number of hydrogen-bond donors (Lipinski definition) is 2. The topological polar surface area (TPSA) is 54.9 Å². The quantitative estimate of drug-likeness (QED) is 0.242. The van der Waals surface area contributed by atoms with E-state index in [1.165, 1.54) is 0 Å². The first-order valence-electron chi connectivity index (χ1n) is 8.08. The lowest BCUT2D eigenvalue weighted by Gasteiger charge is -2.13. The van der Waals surface area contributed by atoms with Crippen molar-refractivity contribution >= 4 is 29.9 Å². The third-order valence-corrected chi connectivity index (χ3v) is 3.43. The fourth-order valence-electron chi connectivity index (χ4n) is 2.13. The molecule has 0 saturated carbocycles. The summed E-state index contributed by atoms with van der Waals surface area (Å²) in [7, 11) is 3.29. The summed E-state index contributed by atoms with van der Waals surface area (Å²) in [5, 5.41) is 6.20. The molecule has 0 spiro atoms. The van der Waals surface area contributed by atoms with Gasteiger partial charge in [0, 0.05) is 26.7 Å². The minimum absolute atomic E-state index is 0. The van der Waals surface area contributed by atoms with Crippen molar-refractivity contribution in [1.82, 2.24) is 10.6 Å². The van der Waals surface area contributed by atoms with Gasteiger partial charge in [0.1, 0.15) is 12.4 Å². The zero-order valence-corrected chi connectivity index (χ0v) is 17.6. The van der Waals surface area contributed by atoms with Crippen LogP contribution in [0.1, 0.15) is 17.5 Å². The van der Waals surface area contributed by atoms with E-state index in [4.69, 9.17) is 4.74 Å². The normalized spacial score (nSPS) is 11.7. The van der Waals surface area contributed by atoms with Crippen molar-refractivity contribution in [3.8, 4) is 5.75 Å². The maximum Gasteiger partial charge on any atom is 0.411 e. The molecule has 0 fully saturated rings. The van der Waals surface area contributed by atoms with Crippen molar-refractivity contribution in [3.05, 3.63) is 29.3 Å². The fraction of sp³-hybridized carbons (Fsp3) is 0.588. The van der Waals surface area contributed by atoms with Crippen LogP contribution in [0.15, 0.2) is 23.2 Å². The van der Waals surface area contributed by atoms with Crippen LogP contribution in [0.25, 0.3) is 0 Å². The molecule has 5 nitrogen and oxygen atoms in total. The highest BCUT2D eigenvalue weighted by atomic mass is 127. The van der Waals surface area contributed by atoms with Gasteiger partial charge in [0.05, 0.1) is 7.11 Å². The van der Waals surface area contributed by atoms with Crippen LogP contribution in [0.4, 0.5) is 13.2 Å². The molecule has 0 aromatic heterocycles. The zero-order chi connectivity index (χ0) is 18.7. The molecule has 2 N–H and O–H groups in total. The number of alkyl halides is 3. The molecular weight excluding hydrogens is 462 g/mol. The fourth-order valence-corrected chi connectivity index (χ4v) is 2.13. The van der Waals surface area contributed by atoms with Gasteiger partial charge in [-0.25, -0.2) is 0 Å². The van der Waals surface area contributed by atoms with Crippen molar-refractivity contribution in [2.45, 2.75) is 25.9 Å². The van der Waals surface area contributed by atoms with E-state index in [2.05, 4.69) is 20.4 Å². The van der Waals surface area contributed by atoms with Gasteiger partial charge in [-0.2, -0.15) is 13.2 Å². The Balaban J connectivity index is 0.00000625. The minimum Gasteiger partial charge on any atom is -0.496 e. The van der Waals surface area contributed by atoms with Crippen LogP contribution < -0.4 is 15.4 Å². The SMILES string of the molecule is CN=C(NCCCOCC(F)(F)F)NCCc1ccc(C)c(OC)c1.I. The van der Waals surface area contributed by atoms with Gasteiger partial charge in [-0.3, -0.25) is 4.99 Å². The van der Waals surface area contributed by atoms with E-state index >= 15 is 0 Å². The molecule has 0 radical (unpaired) electrons. The van der Waals surface area contributed by atoms with Crippen LogP contribution in [0.3, 0.4) is 0 Å². The second-order valence-electron chi connectivity index (χ2n) is 5.50. The van der Waals surface area contributed by atoms with Crippen LogP contribution >= 0.6 is 24.0 Å². The van der Waals surface area contributed by atoms with E-state index in [0.29, 0.717) is 25.5 Å². The molecule has 26 heavy (non-hydrogen) atoms. The third kappa shape index (κ3) is 10.7. The lowest BCUT2D eigenvalue weighted by molar-refractivity contribution is -0.173. The Labute approximate surface area is 169 Å². The molecule has 9 heteroatoms. The third-order valence-electron chi connectivity index (χ3n) is 3.43. The second-order valence-corrected chi connectivity index (χ2v) is 5.50. The molecule has 0 atom stereocenters. The first kappa shape index (κ1) is 24.8. The molecule has 0 aliphatic heterocycles. The monoisotopic (exact) mass is 489 g/mol. The second kappa shape index (κ2) is 13.0. The average molecular weight is 489 g/mol. The van der Waals surface area contributed by atoms with Crippen molar-refractivity contribution < 1.29 is 22.6 Å². The number of guanidine groups is 1. The van der Waals surface area contributed by atoms with Crippen LogP contribution in [-0.2, 0) is 11.2 Å². The maximum atomic E-state index is 11.9. The smallest absolute Gasteiger partial charge is 0.411 e. The number of hydrogen-bond acceptors (Lipinski definition) is 3. The summed E-state index contributed by atoms with van der Waals surface area (Å²) in [6.07, 6.45) is -3.01. The van der Waals surface area contributed by atoms with Gasteiger partial charge in [0.2, 0.25) is 0 Å². The van der Waals surface area contributed by atoms with Gasteiger partial charge in [-0.15, -0.1) is 24.0 Å². The van der Waals surface area contributed by atoms with E-state index < -0.39 is 12.8 Å². The van der Waals surface area contributed by atoms with Gasteiger partial charge in [0.25, 0.3) is 0 Å². The highest BCUT2D eigenvalue weighted by Crippen LogP contribution is 2.19. The summed E-state index contributed by atoms with van der Waals surface area (Å²) in [6, 6.07) is 6.07. The van der Waals surface area contributed by atoms with Crippen molar-refractivity contribution in [2.24, 2.45) is 4.99 Å². The largest absolute Gasteiger partial charge is 0.496 e. The van der Waals surface area contributed by atoms with E-state index in [0.717, 1.165) is 23.3 Å². The summed E-state index contributed by atoms with van der Waals surface area (Å²) in [5.74, 6) is 1.47. The van der Waals surface area contributed by atoms with Gasteiger partial charge >= 0.3 is 6.18 Å². The summed E-state index contributed by atoms with van der Waals surface area (Å²) < 4.78 is 45.6. The average Bonchev–Trinajstić information content (AvgIpc) is 2.56. The van der Waals surface area contributed by atoms with E-state index in [-0.39, 0.29) is 30.6 Å². The molecule has 1 aromatic carbocycles. The highest BCUT2D eigenvalue weighted by Gasteiger charge is 2.27. The van der Waals surface area contributed by atoms with Crippen LogP contribution in [-0.4, -0.2) is 52.6 Å². The van der Waals surface area contributed by atoms with E-state index in [1.807, 2.05) is 25.1 Å². The number of aryl methyl sites for hydroxylation is 1. The van der Waals surface area contributed by atoms with E-state index in [9.17, 15) is 13.2 Å². The Morgan fingerprint density at radius 3 is 2.50 bits per heavy atom. The minimum atomic E-state index is -4.27. The Morgan fingerprint density at radius 1 is 1.19 bits per heavy atom. The molecule has 0 aliphatic rings. The van der Waals surface area contributed by atoms with E-state index in [1.54, 1.807) is 14.2 Å². The Kier molecular flexibility index (Phi) is 12.4. The summed E-state index contributed by atoms with van der Waals surface area (Å²) in [4.78, 5) is 4.07. The highest BCUT2D eigenvalue weighted by molar-refractivity contribution is 14.0. The van der Waals surface area contributed by atoms with Crippen LogP contribution in [0, 0.1) is 6.92 Å². The Hall–Kier alpha value is -1.23. The number of methoxy groups -OCH3 is 1. The summed E-state index contributed by atoms with van der Waals surface area (Å²) >= 11 is 0. The van der Waals surface area contributed by atoms with Crippen molar-refractivity contribution in [1.29, 1.82) is 0 Å². The van der Waals surface area contributed by atoms with Gasteiger partial charge in [-0.05, 0) is 37.0 Å². The molecule has 0 saturated heterocycles. The molecule has 0 aliphatic carbocycles. The molecule has 1 rings (SSSR count). The standard InChI is InChI=1S/C17H26F3N3O2.HI/c1-13-5-6-14(11-15(13)24-3)7-9-23-16(21-2)22-8-4-10-25-12-17(18,19)20;/h5-6,11H,4,7-10,12H2,1-3H3,(H2,21,22,23);1H. The van der Waals surface area contributed by atoms with Gasteiger partial charge < -0.3 is 20.1 Å². The lowest BCUT2D eigenvalue weighted by atomic mass is 10.1. The summed E-state index contributed by atoms with van der Waals surface area (Å²) in [5.41, 5.74) is 2.23. The number of halogens is 4. The number of benzene rings is 1. The molecule has 150 valence electrons. The first-order chi connectivity index (χ1) is 11.9. The predicted molar refractivity (Wildman–Crippen MR) is 108 cm³/mol. The zero-order valence-electron chi connectivity index (χ0n) is 15.3. The Morgan fingerprint density at radius 2 is 1.88 bits per heavy atom. The van der Waals surface area contributed by atoms with Crippen LogP contribution in [0.2, 0.25) is 0 Å². The first-order valence-corrected chi connectivity index (χ1v) is 8.08. The Bertz CT molecular complexity index is 555. The molecule has 0 bridgehead atoms. The van der Waals surface area contributed by atoms with Gasteiger partial charge in [0.15, 0.2) is 5.96 Å². The number of nitrogens with one attached hydrogen (secondary N) is 2. The number of ether oxygens (including phenoxy) is 2. The van der Waals surface area contributed by atoms with Crippen molar-refractivity contribution in [3.63, 3.8) is 0 Å². The van der Waals surface area contributed by atoms with Crippen LogP contribution in [0.5, 0.6) is 5.75 Å². The summed E-state index contributed by atoms with van der Waals surface area (Å²) in [6.45, 7) is 1.99. The molecule has 1 aromatic rings. The number of rotatable bonds is 9. The number of aliphatic imine (C=N–C) groups is 1. The maximum absolute atomic E-state index is 11.9. The van der Waals surface area contributed by atoms with Gasteiger partial charge in [-0.1, -0.05) is 12.1 Å². The molecule has 0 unspecified atom stereocenters. The molecule has 0 amide bonds. The lowest BCUT2D eigenvalue weighted by Crippen LogP contribution is -2.39. The molecular formula is C17H27F3IN3O2. The number of nitrogens with zero attached hydrogens (tertiary/aromatic N) is 1.